The van der Waals surface area contributed by atoms with Crippen LogP contribution < -0.4 is 4.74 Å². The molecule has 1 aromatic heterocycles. The first-order chi connectivity index (χ1) is 16.1. The van der Waals surface area contributed by atoms with Crippen molar-refractivity contribution in [3.8, 4) is 17.3 Å². The molecule has 5 rings (SSSR count). The minimum absolute atomic E-state index is 0.0658. The number of halogens is 3. The number of rotatable bonds is 3. The van der Waals surface area contributed by atoms with Crippen molar-refractivity contribution in [3.05, 3.63) is 59.3 Å². The number of morpholine rings is 1. The summed E-state index contributed by atoms with van der Waals surface area (Å²) in [7, 11) is -3.74. The number of fused-ring (bicyclic) bond motifs is 2. The molecular formula is C22H19F3N4O4S. The highest BCUT2D eigenvalue weighted by molar-refractivity contribution is 7.89. The average molecular weight is 492 g/mol. The highest BCUT2D eigenvalue weighted by atomic mass is 32.2. The Morgan fingerprint density at radius 1 is 1.06 bits per heavy atom. The van der Waals surface area contributed by atoms with Gasteiger partial charge < -0.3 is 9.47 Å². The number of aliphatic imine (C=N–C) groups is 1. The second-order valence-electron chi connectivity index (χ2n) is 7.77. The summed E-state index contributed by atoms with van der Waals surface area (Å²) < 4.78 is 79.5. The highest BCUT2D eigenvalue weighted by Gasteiger charge is 2.32. The molecule has 3 aromatic rings. The van der Waals surface area contributed by atoms with Crippen molar-refractivity contribution in [1.29, 1.82) is 0 Å². The van der Waals surface area contributed by atoms with Gasteiger partial charge >= 0.3 is 6.18 Å². The van der Waals surface area contributed by atoms with Crippen molar-refractivity contribution in [1.82, 2.24) is 14.1 Å². The maximum Gasteiger partial charge on any atom is 0.416 e. The Morgan fingerprint density at radius 3 is 2.56 bits per heavy atom. The first-order valence-corrected chi connectivity index (χ1v) is 11.8. The summed E-state index contributed by atoms with van der Waals surface area (Å²) in [5.41, 5.74) is 0.604. The van der Waals surface area contributed by atoms with Crippen molar-refractivity contribution in [2.75, 3.05) is 26.3 Å². The molecule has 0 radical (unpaired) electrons. The Kier molecular flexibility index (Phi) is 5.46. The van der Waals surface area contributed by atoms with Gasteiger partial charge in [0.1, 0.15) is 5.69 Å². The second kappa shape index (κ2) is 8.22. The summed E-state index contributed by atoms with van der Waals surface area (Å²) in [6, 6.07) is 9.06. The minimum Gasteiger partial charge on any atom is -0.436 e. The molecule has 34 heavy (non-hydrogen) atoms. The van der Waals surface area contributed by atoms with Crippen molar-refractivity contribution in [2.45, 2.75) is 18.0 Å². The van der Waals surface area contributed by atoms with Crippen LogP contribution in [0.1, 0.15) is 16.8 Å². The lowest BCUT2D eigenvalue weighted by molar-refractivity contribution is -0.137. The van der Waals surface area contributed by atoms with Crippen LogP contribution in [-0.2, 0) is 20.9 Å². The van der Waals surface area contributed by atoms with Gasteiger partial charge in [0, 0.05) is 19.3 Å². The van der Waals surface area contributed by atoms with E-state index in [4.69, 9.17) is 9.47 Å². The standard InChI is InChI=1S/C22H19F3N4O4S/c1-14-18-13-26-19-12-17(34(30,31)28-7-9-32-10-8-28)5-6-20(19)33-21(18)29(27-14)16-4-2-3-15(11-16)22(23,24)25/h2-6,11-13H,7-10H2,1H3. The molecule has 0 atom stereocenters. The lowest BCUT2D eigenvalue weighted by atomic mass is 10.2. The van der Waals surface area contributed by atoms with E-state index in [9.17, 15) is 21.6 Å². The van der Waals surface area contributed by atoms with E-state index < -0.39 is 21.8 Å². The van der Waals surface area contributed by atoms with Gasteiger partial charge in [-0.05, 0) is 43.3 Å². The second-order valence-corrected chi connectivity index (χ2v) is 9.71. The number of nitrogens with zero attached hydrogens (tertiary/aromatic N) is 4. The van der Waals surface area contributed by atoms with Crippen LogP contribution in [0.15, 0.2) is 52.4 Å². The van der Waals surface area contributed by atoms with Gasteiger partial charge in [0.15, 0.2) is 5.75 Å². The molecule has 0 N–H and O–H groups in total. The number of aromatic nitrogens is 2. The van der Waals surface area contributed by atoms with Crippen molar-refractivity contribution < 1.29 is 31.1 Å². The molecule has 2 aliphatic rings. The third-order valence-corrected chi connectivity index (χ3v) is 7.45. The van der Waals surface area contributed by atoms with Crippen molar-refractivity contribution in [2.24, 2.45) is 4.99 Å². The number of hydrogen-bond acceptors (Lipinski definition) is 6. The quantitative estimate of drug-likeness (QED) is 0.430. The van der Waals surface area contributed by atoms with Gasteiger partial charge in [-0.15, -0.1) is 0 Å². The van der Waals surface area contributed by atoms with Gasteiger partial charge in [-0.2, -0.15) is 27.3 Å². The molecule has 0 saturated carbocycles. The first kappa shape index (κ1) is 22.6. The smallest absolute Gasteiger partial charge is 0.416 e. The third kappa shape index (κ3) is 3.97. The molecule has 1 fully saturated rings. The van der Waals surface area contributed by atoms with Gasteiger partial charge in [-0.1, -0.05) is 6.07 Å². The van der Waals surface area contributed by atoms with Crippen LogP contribution in [0.3, 0.4) is 0 Å². The lowest BCUT2D eigenvalue weighted by Crippen LogP contribution is -2.40. The lowest BCUT2D eigenvalue weighted by Gasteiger charge is -2.26. The number of alkyl halides is 3. The summed E-state index contributed by atoms with van der Waals surface area (Å²) in [6.07, 6.45) is -3.04. The summed E-state index contributed by atoms with van der Waals surface area (Å²) in [5.74, 6) is 0.437. The Labute approximate surface area is 193 Å². The summed E-state index contributed by atoms with van der Waals surface area (Å²) in [6.45, 7) is 2.86. The van der Waals surface area contributed by atoms with E-state index in [2.05, 4.69) is 10.1 Å². The minimum atomic E-state index is -4.51. The van der Waals surface area contributed by atoms with Crippen LogP contribution in [-0.4, -0.2) is 55.0 Å². The van der Waals surface area contributed by atoms with Crippen molar-refractivity contribution in [3.63, 3.8) is 0 Å². The normalized spacial score (nSPS) is 16.5. The Hall–Kier alpha value is -3.22. The Bertz CT molecular complexity index is 1390. The zero-order valence-corrected chi connectivity index (χ0v) is 18.7. The molecule has 0 spiro atoms. The molecule has 2 aromatic carbocycles. The summed E-state index contributed by atoms with van der Waals surface area (Å²) >= 11 is 0. The third-order valence-electron chi connectivity index (χ3n) is 5.56. The fourth-order valence-electron chi connectivity index (χ4n) is 3.77. The topological polar surface area (TPSA) is 86.0 Å². The van der Waals surface area contributed by atoms with E-state index in [1.807, 2.05) is 0 Å². The van der Waals surface area contributed by atoms with Gasteiger partial charge in [0.25, 0.3) is 0 Å². The van der Waals surface area contributed by atoms with E-state index in [-0.39, 0.29) is 41.0 Å². The predicted octanol–water partition coefficient (Wildman–Crippen LogP) is 4.08. The molecular weight excluding hydrogens is 473 g/mol. The maximum atomic E-state index is 13.2. The molecule has 2 aliphatic heterocycles. The molecule has 1 saturated heterocycles. The van der Waals surface area contributed by atoms with Crippen LogP contribution in [0.25, 0.3) is 5.69 Å². The van der Waals surface area contributed by atoms with Crippen LogP contribution in [0.4, 0.5) is 18.9 Å². The zero-order chi connectivity index (χ0) is 24.1. The van der Waals surface area contributed by atoms with Gasteiger partial charge in [-0.3, -0.25) is 4.99 Å². The van der Waals surface area contributed by atoms with Crippen LogP contribution in [0, 0.1) is 6.92 Å². The molecule has 0 aliphatic carbocycles. The Morgan fingerprint density at radius 2 is 1.82 bits per heavy atom. The van der Waals surface area contributed by atoms with Gasteiger partial charge in [0.05, 0.1) is 40.6 Å². The largest absolute Gasteiger partial charge is 0.436 e. The van der Waals surface area contributed by atoms with Crippen molar-refractivity contribution >= 4 is 21.9 Å². The van der Waals surface area contributed by atoms with Crippen LogP contribution in [0.2, 0.25) is 0 Å². The molecule has 0 bridgehead atoms. The molecule has 12 heteroatoms. The van der Waals surface area contributed by atoms with E-state index in [1.54, 1.807) is 6.92 Å². The predicted molar refractivity (Wildman–Crippen MR) is 117 cm³/mol. The van der Waals surface area contributed by atoms with Crippen LogP contribution >= 0.6 is 0 Å². The fourth-order valence-corrected chi connectivity index (χ4v) is 5.20. The zero-order valence-electron chi connectivity index (χ0n) is 17.9. The van der Waals surface area contributed by atoms with E-state index in [0.29, 0.717) is 24.5 Å². The van der Waals surface area contributed by atoms with Gasteiger partial charge in [-0.25, -0.2) is 8.42 Å². The monoisotopic (exact) mass is 492 g/mol. The van der Waals surface area contributed by atoms with E-state index in [1.165, 1.54) is 45.5 Å². The first-order valence-electron chi connectivity index (χ1n) is 10.4. The number of ether oxygens (including phenoxy) is 2. The van der Waals surface area contributed by atoms with Gasteiger partial charge in [0.2, 0.25) is 15.9 Å². The summed E-state index contributed by atoms with van der Waals surface area (Å²) in [5, 5.41) is 4.34. The number of hydrogen-bond donors (Lipinski definition) is 0. The van der Waals surface area contributed by atoms with E-state index >= 15 is 0 Å². The Balaban J connectivity index is 1.53. The molecule has 0 amide bonds. The molecule has 0 unspecified atom stereocenters. The molecule has 3 heterocycles. The molecule has 8 nitrogen and oxygen atoms in total. The summed E-state index contributed by atoms with van der Waals surface area (Å²) in [4.78, 5) is 4.45. The average Bonchev–Trinajstić information content (AvgIpc) is 3.00. The highest BCUT2D eigenvalue weighted by Crippen LogP contribution is 2.40. The fraction of sp³-hybridized carbons (Fsp3) is 0.273. The molecule has 178 valence electrons. The maximum absolute atomic E-state index is 13.2. The number of aryl methyl sites for hydroxylation is 1. The number of benzene rings is 2. The van der Waals surface area contributed by atoms with Crippen LogP contribution in [0.5, 0.6) is 11.6 Å². The van der Waals surface area contributed by atoms with E-state index in [0.717, 1.165) is 12.1 Å². The number of sulfonamides is 1. The SMILES string of the molecule is Cc1nn(-c2cccc(C(F)(F)F)c2)c2c1C=Nc1cc(S(=O)(=O)N3CCOCC3)ccc1O2.